The number of nitrogens with zero attached hydrogens (tertiary/aromatic N) is 3. The van der Waals surface area contributed by atoms with Gasteiger partial charge >= 0.3 is 6.18 Å². The van der Waals surface area contributed by atoms with E-state index in [9.17, 15) is 18.0 Å². The molecule has 2 aromatic rings. The summed E-state index contributed by atoms with van der Waals surface area (Å²) in [5.74, 6) is 1.43. The molecule has 1 fully saturated rings. The van der Waals surface area contributed by atoms with E-state index in [2.05, 4.69) is 10.3 Å². The molecule has 0 bridgehead atoms. The zero-order chi connectivity index (χ0) is 22.6. The van der Waals surface area contributed by atoms with Crippen LogP contribution in [-0.2, 0) is 11.0 Å². The maximum absolute atomic E-state index is 12.8. The average Bonchev–Trinajstić information content (AvgIpc) is 2.78. The Kier molecular flexibility index (Phi) is 6.89. The standard InChI is InChI=1S/C21H25F3N4O3/c1-14(20(29)26-17-12-16(30-2)5-6-18(17)31-3)27-8-10-28(11-9-27)19-7-4-15(13-25-19)21(22,23)24/h4-7,12-14H,8-11H2,1-3H3,(H,26,29). The number of carbonyl (C=O) groups is 1. The maximum Gasteiger partial charge on any atom is 0.417 e. The molecule has 1 atom stereocenters. The highest BCUT2D eigenvalue weighted by atomic mass is 19.4. The van der Waals surface area contributed by atoms with Crippen LogP contribution in [0, 0.1) is 0 Å². The van der Waals surface area contributed by atoms with Gasteiger partial charge in [0.25, 0.3) is 0 Å². The summed E-state index contributed by atoms with van der Waals surface area (Å²) < 4.78 is 48.6. The number of hydrogen-bond acceptors (Lipinski definition) is 6. The monoisotopic (exact) mass is 438 g/mol. The van der Waals surface area contributed by atoms with Gasteiger partial charge in [-0.15, -0.1) is 0 Å². The third kappa shape index (κ3) is 5.38. The number of methoxy groups -OCH3 is 2. The first-order valence-electron chi connectivity index (χ1n) is 9.78. The van der Waals surface area contributed by atoms with Crippen LogP contribution in [0.3, 0.4) is 0 Å². The molecule has 0 radical (unpaired) electrons. The highest BCUT2D eigenvalue weighted by molar-refractivity contribution is 5.96. The Morgan fingerprint density at radius 2 is 1.81 bits per heavy atom. The highest BCUT2D eigenvalue weighted by Crippen LogP contribution is 2.30. The molecule has 1 aromatic heterocycles. The van der Waals surface area contributed by atoms with Crippen LogP contribution in [0.25, 0.3) is 0 Å². The number of amides is 1. The molecule has 1 aliphatic heterocycles. The summed E-state index contributed by atoms with van der Waals surface area (Å²) in [5, 5.41) is 2.88. The second-order valence-electron chi connectivity index (χ2n) is 7.16. The molecule has 1 N–H and O–H groups in total. The predicted molar refractivity (Wildman–Crippen MR) is 111 cm³/mol. The van der Waals surface area contributed by atoms with Crippen LogP contribution in [0.5, 0.6) is 11.5 Å². The highest BCUT2D eigenvalue weighted by Gasteiger charge is 2.31. The molecular formula is C21H25F3N4O3. The third-order valence-corrected chi connectivity index (χ3v) is 5.31. The van der Waals surface area contributed by atoms with Crippen LogP contribution in [0.4, 0.5) is 24.7 Å². The number of rotatable bonds is 6. The van der Waals surface area contributed by atoms with Crippen LogP contribution in [-0.4, -0.2) is 62.2 Å². The Labute approximate surface area is 178 Å². The first-order chi connectivity index (χ1) is 14.7. The molecule has 1 unspecified atom stereocenters. The molecule has 31 heavy (non-hydrogen) atoms. The molecule has 0 aliphatic carbocycles. The van der Waals surface area contributed by atoms with Gasteiger partial charge in [0.15, 0.2) is 0 Å². The molecule has 1 aliphatic rings. The van der Waals surface area contributed by atoms with Crippen molar-refractivity contribution in [2.75, 3.05) is 50.6 Å². The van der Waals surface area contributed by atoms with Crippen molar-refractivity contribution in [1.82, 2.24) is 9.88 Å². The van der Waals surface area contributed by atoms with Gasteiger partial charge in [-0.2, -0.15) is 13.2 Å². The number of hydrogen-bond donors (Lipinski definition) is 1. The van der Waals surface area contributed by atoms with E-state index in [1.165, 1.54) is 13.2 Å². The van der Waals surface area contributed by atoms with Gasteiger partial charge in [-0.05, 0) is 31.2 Å². The lowest BCUT2D eigenvalue weighted by molar-refractivity contribution is -0.137. The fourth-order valence-corrected chi connectivity index (χ4v) is 3.39. The topological polar surface area (TPSA) is 66.9 Å². The van der Waals surface area contributed by atoms with Crippen LogP contribution in [0.2, 0.25) is 0 Å². The van der Waals surface area contributed by atoms with E-state index in [1.807, 2.05) is 16.7 Å². The minimum absolute atomic E-state index is 0.187. The lowest BCUT2D eigenvalue weighted by atomic mass is 10.2. The summed E-state index contributed by atoms with van der Waals surface area (Å²) in [6.07, 6.45) is -3.56. The third-order valence-electron chi connectivity index (χ3n) is 5.31. The predicted octanol–water partition coefficient (Wildman–Crippen LogP) is 3.27. The number of benzene rings is 1. The number of halogens is 3. The second kappa shape index (κ2) is 9.42. The van der Waals surface area contributed by atoms with Gasteiger partial charge in [0.2, 0.25) is 5.91 Å². The average molecular weight is 438 g/mol. The van der Waals surface area contributed by atoms with Crippen molar-refractivity contribution in [3.8, 4) is 11.5 Å². The molecule has 0 saturated carbocycles. The summed E-state index contributed by atoms with van der Waals surface area (Å²) in [6, 6.07) is 7.16. The molecule has 7 nitrogen and oxygen atoms in total. The van der Waals surface area contributed by atoms with Gasteiger partial charge in [0, 0.05) is 38.4 Å². The Bertz CT molecular complexity index is 898. The maximum atomic E-state index is 12.8. The summed E-state index contributed by atoms with van der Waals surface area (Å²) in [7, 11) is 3.07. The molecule has 168 valence electrons. The fraction of sp³-hybridized carbons (Fsp3) is 0.429. The molecule has 1 amide bonds. The normalized spacial score (nSPS) is 16.0. The summed E-state index contributed by atoms with van der Waals surface area (Å²) in [5.41, 5.74) is -0.251. The van der Waals surface area contributed by atoms with E-state index in [1.54, 1.807) is 25.3 Å². The summed E-state index contributed by atoms with van der Waals surface area (Å²) in [6.45, 7) is 4.07. The van der Waals surface area contributed by atoms with E-state index in [4.69, 9.17) is 9.47 Å². The van der Waals surface area contributed by atoms with Crippen LogP contribution < -0.4 is 19.7 Å². The Balaban J connectivity index is 1.59. The van der Waals surface area contributed by atoms with Gasteiger partial charge in [-0.25, -0.2) is 4.98 Å². The number of piperazine rings is 1. The minimum Gasteiger partial charge on any atom is -0.497 e. The molecule has 10 heteroatoms. The Morgan fingerprint density at radius 3 is 2.35 bits per heavy atom. The van der Waals surface area contributed by atoms with Crippen molar-refractivity contribution in [2.45, 2.75) is 19.1 Å². The number of alkyl halides is 3. The molecule has 2 heterocycles. The number of pyridine rings is 1. The Hall–Kier alpha value is -3.01. The summed E-state index contributed by atoms with van der Waals surface area (Å²) in [4.78, 5) is 20.7. The number of aromatic nitrogens is 1. The van der Waals surface area contributed by atoms with Crippen LogP contribution in [0.15, 0.2) is 36.5 Å². The molecular weight excluding hydrogens is 413 g/mol. The smallest absolute Gasteiger partial charge is 0.417 e. The quantitative estimate of drug-likeness (QED) is 0.747. The largest absolute Gasteiger partial charge is 0.497 e. The van der Waals surface area contributed by atoms with E-state index >= 15 is 0 Å². The van der Waals surface area contributed by atoms with Crippen molar-refractivity contribution in [3.05, 3.63) is 42.1 Å². The van der Waals surface area contributed by atoms with Gasteiger partial charge in [0.05, 0.1) is 31.5 Å². The van der Waals surface area contributed by atoms with E-state index in [-0.39, 0.29) is 5.91 Å². The van der Waals surface area contributed by atoms with Crippen LogP contribution in [0.1, 0.15) is 12.5 Å². The molecule has 3 rings (SSSR count). The number of anilines is 2. The lowest BCUT2D eigenvalue weighted by Gasteiger charge is -2.38. The lowest BCUT2D eigenvalue weighted by Crippen LogP contribution is -2.53. The van der Waals surface area contributed by atoms with Crippen molar-refractivity contribution >= 4 is 17.4 Å². The number of carbonyl (C=O) groups excluding carboxylic acids is 1. The van der Waals surface area contributed by atoms with Gasteiger partial charge in [0.1, 0.15) is 17.3 Å². The van der Waals surface area contributed by atoms with Crippen molar-refractivity contribution in [1.29, 1.82) is 0 Å². The van der Waals surface area contributed by atoms with Crippen molar-refractivity contribution in [3.63, 3.8) is 0 Å². The number of ether oxygens (including phenoxy) is 2. The van der Waals surface area contributed by atoms with Crippen molar-refractivity contribution < 1.29 is 27.4 Å². The van der Waals surface area contributed by atoms with Gasteiger partial charge in [-0.1, -0.05) is 0 Å². The fourth-order valence-electron chi connectivity index (χ4n) is 3.39. The molecule has 0 spiro atoms. The first kappa shape index (κ1) is 22.7. The van der Waals surface area contributed by atoms with E-state index in [0.717, 1.165) is 12.3 Å². The first-order valence-corrected chi connectivity index (χ1v) is 9.78. The zero-order valence-electron chi connectivity index (χ0n) is 17.6. The van der Waals surface area contributed by atoms with Crippen LogP contribution >= 0.6 is 0 Å². The SMILES string of the molecule is COc1ccc(OC)c(NC(=O)C(C)N2CCN(c3ccc(C(F)(F)F)cn3)CC2)c1. The zero-order valence-corrected chi connectivity index (χ0v) is 17.6. The number of nitrogens with one attached hydrogen (secondary N) is 1. The van der Waals surface area contributed by atoms with Gasteiger partial charge < -0.3 is 19.7 Å². The molecule has 1 saturated heterocycles. The minimum atomic E-state index is -4.40. The van der Waals surface area contributed by atoms with E-state index < -0.39 is 17.8 Å². The summed E-state index contributed by atoms with van der Waals surface area (Å²) >= 11 is 0. The van der Waals surface area contributed by atoms with E-state index in [0.29, 0.717) is 49.2 Å². The Morgan fingerprint density at radius 1 is 1.10 bits per heavy atom. The molecule has 1 aromatic carbocycles. The van der Waals surface area contributed by atoms with Crippen molar-refractivity contribution in [2.24, 2.45) is 0 Å². The second-order valence-corrected chi connectivity index (χ2v) is 7.16. The van der Waals surface area contributed by atoms with Gasteiger partial charge in [-0.3, -0.25) is 9.69 Å².